The van der Waals surface area contributed by atoms with Crippen molar-refractivity contribution in [2.45, 2.75) is 46.2 Å². The maximum Gasteiger partial charge on any atom is 0.414 e. The molecule has 156 valence electrons. The molecule has 0 fully saturated rings. The average Bonchev–Trinajstić information content (AvgIpc) is 2.62. The van der Waals surface area contributed by atoms with Gasteiger partial charge in [-0.25, -0.2) is 4.79 Å². The van der Waals surface area contributed by atoms with Crippen LogP contribution in [0.3, 0.4) is 0 Å². The Bertz CT molecular complexity index is 830. The van der Waals surface area contributed by atoms with Crippen molar-refractivity contribution >= 4 is 35.8 Å². The van der Waals surface area contributed by atoms with Crippen LogP contribution < -0.4 is 15.5 Å². The number of nitrogens with one attached hydrogen (secondary N) is 3. The molecule has 1 aliphatic heterocycles. The number of benzene rings is 1. The van der Waals surface area contributed by atoms with Crippen molar-refractivity contribution in [1.82, 2.24) is 10.6 Å². The lowest BCUT2D eigenvalue weighted by molar-refractivity contribution is -0.130. The van der Waals surface area contributed by atoms with Gasteiger partial charge in [0, 0.05) is 12.1 Å². The summed E-state index contributed by atoms with van der Waals surface area (Å²) in [5, 5.41) is 12.0. The summed E-state index contributed by atoms with van der Waals surface area (Å²) in [5.41, 5.74) is 0.806. The number of ether oxygens (including phenoxy) is 1. The highest BCUT2D eigenvalue weighted by Crippen LogP contribution is 2.28. The van der Waals surface area contributed by atoms with Crippen molar-refractivity contribution in [3.8, 4) is 0 Å². The van der Waals surface area contributed by atoms with Crippen LogP contribution in [0.25, 0.3) is 0 Å². The molecule has 1 aromatic carbocycles. The van der Waals surface area contributed by atoms with E-state index in [0.717, 1.165) is 5.56 Å². The van der Waals surface area contributed by atoms with Crippen molar-refractivity contribution < 1.29 is 23.9 Å². The fraction of sp³-hybridized carbons (Fsp3) is 0.450. The summed E-state index contributed by atoms with van der Waals surface area (Å²) in [7, 11) is 0. The molecule has 29 heavy (non-hydrogen) atoms. The molecule has 0 radical (unpaired) electrons. The number of para-hydroxylation sites is 1. The summed E-state index contributed by atoms with van der Waals surface area (Å²) in [4.78, 5) is 50.6. The highest BCUT2D eigenvalue weighted by molar-refractivity contribution is 6.05. The minimum Gasteiger partial charge on any atom is -0.399 e. The molecule has 0 spiro atoms. The lowest BCUT2D eigenvalue weighted by atomic mass is 9.85. The van der Waals surface area contributed by atoms with E-state index in [1.54, 1.807) is 32.9 Å². The third kappa shape index (κ3) is 5.40. The number of rotatable bonds is 6. The quantitative estimate of drug-likeness (QED) is 0.489. The molecule has 1 heterocycles. The zero-order chi connectivity index (χ0) is 21.8. The molecule has 1 aliphatic rings. The largest absolute Gasteiger partial charge is 0.414 e. The van der Waals surface area contributed by atoms with Gasteiger partial charge < -0.3 is 20.3 Å². The van der Waals surface area contributed by atoms with E-state index in [1.807, 2.05) is 12.1 Å². The van der Waals surface area contributed by atoms with Crippen LogP contribution in [0.5, 0.6) is 0 Å². The number of amides is 3. The van der Waals surface area contributed by atoms with E-state index in [1.165, 1.54) is 11.8 Å². The Hall–Kier alpha value is -3.23. The van der Waals surface area contributed by atoms with Gasteiger partial charge in [0.15, 0.2) is 6.40 Å². The highest BCUT2D eigenvalue weighted by atomic mass is 16.5. The predicted octanol–water partition coefficient (Wildman–Crippen LogP) is 1.40. The fourth-order valence-electron chi connectivity index (χ4n) is 3.20. The van der Waals surface area contributed by atoms with Crippen molar-refractivity contribution in [2.75, 3.05) is 11.4 Å². The van der Waals surface area contributed by atoms with Gasteiger partial charge in [0.2, 0.25) is 11.8 Å². The molecule has 1 aromatic rings. The van der Waals surface area contributed by atoms with Crippen LogP contribution in [0.1, 0.15) is 33.3 Å². The van der Waals surface area contributed by atoms with Gasteiger partial charge >= 0.3 is 6.09 Å². The van der Waals surface area contributed by atoms with Crippen LogP contribution in [0.15, 0.2) is 24.3 Å². The number of hydrogen-bond donors (Lipinski definition) is 3. The summed E-state index contributed by atoms with van der Waals surface area (Å²) in [6.45, 7) is 6.56. The lowest BCUT2D eigenvalue weighted by Crippen LogP contribution is -2.60. The first-order chi connectivity index (χ1) is 13.5. The number of nitrogens with zero attached hydrogens (tertiary/aromatic N) is 1. The Morgan fingerprint density at radius 1 is 1.31 bits per heavy atom. The maximum absolute atomic E-state index is 13.0. The SMILES string of the molecule is CC(=O)CN1C(=O)[C@@H](NC(=O)C(NC(=O)OC=N)C(C)(C)C)Cc2ccccc21. The highest BCUT2D eigenvalue weighted by Gasteiger charge is 2.38. The van der Waals surface area contributed by atoms with E-state index in [0.29, 0.717) is 12.1 Å². The minimum atomic E-state index is -0.999. The second-order valence-electron chi connectivity index (χ2n) is 7.99. The van der Waals surface area contributed by atoms with Crippen LogP contribution in [0, 0.1) is 10.8 Å². The monoisotopic (exact) mass is 402 g/mol. The number of alkyl carbamates (subject to hydrolysis) is 1. The number of ketones is 1. The van der Waals surface area contributed by atoms with Gasteiger partial charge in [0.05, 0.1) is 6.54 Å². The molecular weight excluding hydrogens is 376 g/mol. The number of hydrogen-bond acceptors (Lipinski definition) is 6. The number of anilines is 1. The van der Waals surface area contributed by atoms with Gasteiger partial charge in [-0.15, -0.1) is 0 Å². The first-order valence-corrected chi connectivity index (χ1v) is 9.19. The van der Waals surface area contributed by atoms with Gasteiger partial charge in [0.1, 0.15) is 17.9 Å². The van der Waals surface area contributed by atoms with Crippen LogP contribution in [0.2, 0.25) is 0 Å². The molecule has 2 atom stereocenters. The number of Topliss-reactive ketones (excluding diaryl/α,β-unsaturated/α-hetero) is 1. The first kappa shape index (κ1) is 22.1. The standard InChI is InChI=1S/C20H26N4O5/c1-12(25)10-24-15-8-6-5-7-13(15)9-14(18(24)27)22-17(26)16(20(2,3)4)23-19(28)29-11-21/h5-8,11,14,16,21H,9-10H2,1-4H3,(H,22,26)(H,23,28)/t14-,16?/m0/s1. The lowest BCUT2D eigenvalue weighted by Gasteiger charge is -2.36. The van der Waals surface area contributed by atoms with Gasteiger partial charge in [-0.05, 0) is 24.0 Å². The number of carbonyl (C=O) groups excluding carboxylic acids is 4. The molecule has 0 saturated heterocycles. The van der Waals surface area contributed by atoms with Crippen LogP contribution >= 0.6 is 0 Å². The maximum atomic E-state index is 13.0. The Kier molecular flexibility index (Phi) is 6.73. The molecule has 0 saturated carbocycles. The van der Waals surface area contributed by atoms with Gasteiger partial charge in [-0.3, -0.25) is 19.8 Å². The first-order valence-electron chi connectivity index (χ1n) is 9.19. The summed E-state index contributed by atoms with van der Waals surface area (Å²) in [6, 6.07) is 5.35. The molecule has 0 aromatic heterocycles. The van der Waals surface area contributed by atoms with E-state index >= 15 is 0 Å². The zero-order valence-corrected chi connectivity index (χ0v) is 16.9. The third-order valence-electron chi connectivity index (χ3n) is 4.52. The third-order valence-corrected chi connectivity index (χ3v) is 4.52. The Balaban J connectivity index is 2.25. The average molecular weight is 402 g/mol. The van der Waals surface area contributed by atoms with Crippen LogP contribution in [-0.4, -0.2) is 48.7 Å². The molecule has 0 bridgehead atoms. The summed E-state index contributed by atoms with van der Waals surface area (Å²) in [5.74, 6) is -1.12. The van der Waals surface area contributed by atoms with Crippen molar-refractivity contribution in [2.24, 2.45) is 5.41 Å². The van der Waals surface area contributed by atoms with Crippen molar-refractivity contribution in [3.05, 3.63) is 29.8 Å². The second kappa shape index (κ2) is 8.85. The molecular formula is C20H26N4O5. The fourth-order valence-corrected chi connectivity index (χ4v) is 3.20. The van der Waals surface area contributed by atoms with Gasteiger partial charge in [-0.1, -0.05) is 39.0 Å². The van der Waals surface area contributed by atoms with Crippen molar-refractivity contribution in [1.29, 1.82) is 5.41 Å². The summed E-state index contributed by atoms with van der Waals surface area (Å²) in [6.07, 6.45) is -0.195. The smallest absolute Gasteiger partial charge is 0.399 e. The zero-order valence-electron chi connectivity index (χ0n) is 16.9. The van der Waals surface area contributed by atoms with E-state index in [-0.39, 0.29) is 24.7 Å². The molecule has 2 rings (SSSR count). The van der Waals surface area contributed by atoms with E-state index < -0.39 is 29.5 Å². The van der Waals surface area contributed by atoms with Crippen LogP contribution in [0.4, 0.5) is 10.5 Å². The summed E-state index contributed by atoms with van der Waals surface area (Å²) >= 11 is 0. The minimum absolute atomic E-state index is 0.0885. The van der Waals surface area contributed by atoms with Crippen molar-refractivity contribution in [3.63, 3.8) is 0 Å². The van der Waals surface area contributed by atoms with E-state index in [4.69, 9.17) is 5.41 Å². The molecule has 9 heteroatoms. The Morgan fingerprint density at radius 3 is 2.55 bits per heavy atom. The normalized spacial score (nSPS) is 17.0. The molecule has 1 unspecified atom stereocenters. The van der Waals surface area contributed by atoms with Gasteiger partial charge in [0.25, 0.3) is 0 Å². The number of fused-ring (bicyclic) bond motifs is 1. The van der Waals surface area contributed by atoms with Gasteiger partial charge in [-0.2, -0.15) is 0 Å². The Morgan fingerprint density at radius 2 is 1.97 bits per heavy atom. The predicted molar refractivity (Wildman–Crippen MR) is 107 cm³/mol. The van der Waals surface area contributed by atoms with E-state index in [9.17, 15) is 19.2 Å². The van der Waals surface area contributed by atoms with Crippen LogP contribution in [-0.2, 0) is 25.5 Å². The molecule has 3 amide bonds. The Labute approximate surface area is 169 Å². The second-order valence-corrected chi connectivity index (χ2v) is 7.99. The molecule has 3 N–H and O–H groups in total. The van der Waals surface area contributed by atoms with E-state index in [2.05, 4.69) is 15.4 Å². The number of carbonyl (C=O) groups is 4. The molecule has 0 aliphatic carbocycles. The molecule has 9 nitrogen and oxygen atoms in total. The topological polar surface area (TPSA) is 129 Å². The summed E-state index contributed by atoms with van der Waals surface area (Å²) < 4.78 is 4.44.